The number of benzene rings is 2. The van der Waals surface area contributed by atoms with E-state index in [4.69, 9.17) is 0 Å². The molecule has 0 radical (unpaired) electrons. The van der Waals surface area contributed by atoms with Crippen LogP contribution in [0.25, 0.3) is 0 Å². The molecule has 0 bridgehead atoms. The van der Waals surface area contributed by atoms with Gasteiger partial charge in [-0.3, -0.25) is 9.59 Å². The fraction of sp³-hybridized carbons (Fsp3) is 0.318. The first kappa shape index (κ1) is 23.3. The number of hydrogen-bond acceptors (Lipinski definition) is 5. The van der Waals surface area contributed by atoms with E-state index in [0.717, 1.165) is 23.4 Å². The molecular weight excluding hydrogens is 427 g/mol. The Balaban J connectivity index is 1.41. The molecule has 3 rings (SSSR count). The van der Waals surface area contributed by atoms with Gasteiger partial charge in [0.25, 0.3) is 0 Å². The van der Waals surface area contributed by atoms with E-state index in [-0.39, 0.29) is 25.3 Å². The monoisotopic (exact) mass is 449 g/mol. The number of halogens is 3. The Morgan fingerprint density at radius 1 is 1.09 bits per heavy atom. The van der Waals surface area contributed by atoms with Crippen LogP contribution in [0, 0.1) is 0 Å². The highest BCUT2D eigenvalue weighted by atomic mass is 19.4. The number of alkyl halides is 3. The summed E-state index contributed by atoms with van der Waals surface area (Å²) in [5.41, 5.74) is 2.08. The smallest absolute Gasteiger partial charge is 0.406 e. The van der Waals surface area contributed by atoms with Gasteiger partial charge in [-0.05, 0) is 23.3 Å². The standard InChI is InChI=1S/C22H22F3N3O4/c23-22(24,25)32-17-8-6-16(7-9-17)19(29)14-26-20(30)10-11-21(31)28-13-12-18(27-28)15-4-2-1-3-5-15/h1-9,19,29H,10-14H2,(H,26,30). The average molecular weight is 449 g/mol. The van der Waals surface area contributed by atoms with Crippen molar-refractivity contribution in [3.63, 3.8) is 0 Å². The van der Waals surface area contributed by atoms with Crippen LogP contribution in [0.4, 0.5) is 13.2 Å². The Hall–Kier alpha value is -3.40. The van der Waals surface area contributed by atoms with Crippen molar-refractivity contribution in [2.24, 2.45) is 5.10 Å². The molecule has 0 saturated heterocycles. The molecular formula is C22H22F3N3O4. The number of hydrazone groups is 1. The van der Waals surface area contributed by atoms with E-state index in [1.54, 1.807) is 0 Å². The van der Waals surface area contributed by atoms with Crippen LogP contribution in [-0.4, -0.2) is 47.1 Å². The van der Waals surface area contributed by atoms with E-state index in [1.165, 1.54) is 17.1 Å². The first-order valence-electron chi connectivity index (χ1n) is 9.95. The van der Waals surface area contributed by atoms with Gasteiger partial charge in [0, 0.05) is 25.8 Å². The zero-order chi connectivity index (χ0) is 23.1. The Morgan fingerprint density at radius 2 is 1.78 bits per heavy atom. The van der Waals surface area contributed by atoms with Crippen molar-refractivity contribution in [2.45, 2.75) is 31.7 Å². The predicted octanol–water partition coefficient (Wildman–Crippen LogP) is 3.15. The molecule has 1 heterocycles. The summed E-state index contributed by atoms with van der Waals surface area (Å²) in [4.78, 5) is 24.3. The molecule has 2 aromatic carbocycles. The van der Waals surface area contributed by atoms with E-state index in [0.29, 0.717) is 18.5 Å². The SMILES string of the molecule is O=C(CCC(=O)N1CCC(c2ccccc2)=N1)NCC(O)c1ccc(OC(F)(F)F)cc1. The van der Waals surface area contributed by atoms with Crippen molar-refractivity contribution in [3.05, 3.63) is 65.7 Å². The molecule has 0 aromatic heterocycles. The molecule has 1 unspecified atom stereocenters. The van der Waals surface area contributed by atoms with Gasteiger partial charge in [0.15, 0.2) is 0 Å². The first-order valence-corrected chi connectivity index (χ1v) is 9.95. The van der Waals surface area contributed by atoms with Gasteiger partial charge in [0.1, 0.15) is 5.75 Å². The van der Waals surface area contributed by atoms with Gasteiger partial charge in [-0.1, -0.05) is 42.5 Å². The van der Waals surface area contributed by atoms with Crippen LogP contribution in [0.3, 0.4) is 0 Å². The second kappa shape index (κ2) is 10.3. The van der Waals surface area contributed by atoms with Crippen LogP contribution >= 0.6 is 0 Å². The lowest BCUT2D eigenvalue weighted by Gasteiger charge is -2.14. The van der Waals surface area contributed by atoms with Gasteiger partial charge in [-0.25, -0.2) is 5.01 Å². The van der Waals surface area contributed by atoms with Crippen molar-refractivity contribution < 1.29 is 32.6 Å². The number of carbonyl (C=O) groups is 2. The molecule has 0 spiro atoms. The topological polar surface area (TPSA) is 91.2 Å². The lowest BCUT2D eigenvalue weighted by molar-refractivity contribution is -0.274. The van der Waals surface area contributed by atoms with Gasteiger partial charge >= 0.3 is 6.36 Å². The number of hydrogen-bond donors (Lipinski definition) is 2. The molecule has 170 valence electrons. The van der Waals surface area contributed by atoms with Crippen LogP contribution in [0.2, 0.25) is 0 Å². The number of aliphatic hydroxyl groups excluding tert-OH is 1. The predicted molar refractivity (Wildman–Crippen MR) is 110 cm³/mol. The lowest BCUT2D eigenvalue weighted by Crippen LogP contribution is -2.30. The molecule has 1 atom stereocenters. The highest BCUT2D eigenvalue weighted by Crippen LogP contribution is 2.24. The molecule has 7 nitrogen and oxygen atoms in total. The summed E-state index contributed by atoms with van der Waals surface area (Å²) in [6.07, 6.45) is -5.38. The van der Waals surface area contributed by atoms with Gasteiger partial charge in [0.05, 0.1) is 18.4 Å². The number of carbonyl (C=O) groups excluding carboxylic acids is 2. The van der Waals surface area contributed by atoms with Crippen molar-refractivity contribution >= 4 is 17.5 Å². The highest BCUT2D eigenvalue weighted by Gasteiger charge is 2.31. The van der Waals surface area contributed by atoms with E-state index in [9.17, 15) is 27.9 Å². The number of nitrogens with zero attached hydrogens (tertiary/aromatic N) is 2. The average Bonchev–Trinajstić information content (AvgIpc) is 3.26. The summed E-state index contributed by atoms with van der Waals surface area (Å²) < 4.78 is 40.3. The van der Waals surface area contributed by atoms with Crippen molar-refractivity contribution in [1.29, 1.82) is 0 Å². The Labute approximate surface area is 182 Å². The maximum Gasteiger partial charge on any atom is 0.573 e. The third-order valence-corrected chi connectivity index (χ3v) is 4.75. The Morgan fingerprint density at radius 3 is 2.44 bits per heavy atom. The Kier molecular flexibility index (Phi) is 7.47. The maximum absolute atomic E-state index is 12.3. The molecule has 2 amide bonds. The normalized spacial score (nSPS) is 14.6. The number of amides is 2. The molecule has 0 saturated carbocycles. The van der Waals surface area contributed by atoms with E-state index < -0.39 is 24.1 Å². The molecule has 32 heavy (non-hydrogen) atoms. The largest absolute Gasteiger partial charge is 0.573 e. The fourth-order valence-corrected chi connectivity index (χ4v) is 3.13. The van der Waals surface area contributed by atoms with E-state index >= 15 is 0 Å². The van der Waals surface area contributed by atoms with Crippen LogP contribution in [0.15, 0.2) is 59.7 Å². The number of ether oxygens (including phenoxy) is 1. The van der Waals surface area contributed by atoms with Crippen LogP contribution in [0.1, 0.15) is 36.5 Å². The zero-order valence-corrected chi connectivity index (χ0v) is 17.0. The minimum absolute atomic E-state index is 0.0308. The van der Waals surface area contributed by atoms with Crippen LogP contribution in [-0.2, 0) is 9.59 Å². The second-order valence-electron chi connectivity index (χ2n) is 7.12. The van der Waals surface area contributed by atoms with Crippen LogP contribution < -0.4 is 10.1 Å². The van der Waals surface area contributed by atoms with E-state index in [2.05, 4.69) is 15.2 Å². The summed E-state index contributed by atoms with van der Waals surface area (Å²) in [5.74, 6) is -1.11. The quantitative estimate of drug-likeness (QED) is 0.648. The third kappa shape index (κ3) is 6.81. The van der Waals surface area contributed by atoms with Crippen molar-refractivity contribution in [2.75, 3.05) is 13.1 Å². The second-order valence-corrected chi connectivity index (χ2v) is 7.12. The Bertz CT molecular complexity index is 963. The summed E-state index contributed by atoms with van der Waals surface area (Å²) in [7, 11) is 0. The number of aliphatic hydroxyl groups is 1. The number of nitrogens with one attached hydrogen (secondary N) is 1. The molecule has 1 aliphatic rings. The third-order valence-electron chi connectivity index (χ3n) is 4.75. The summed E-state index contributed by atoms with van der Waals surface area (Å²) >= 11 is 0. The molecule has 2 aromatic rings. The van der Waals surface area contributed by atoms with Crippen molar-refractivity contribution in [1.82, 2.24) is 10.3 Å². The summed E-state index contributed by atoms with van der Waals surface area (Å²) in [5, 5.41) is 18.3. The summed E-state index contributed by atoms with van der Waals surface area (Å²) in [6.45, 7) is 0.309. The summed E-state index contributed by atoms with van der Waals surface area (Å²) in [6, 6.07) is 14.2. The van der Waals surface area contributed by atoms with Gasteiger partial charge in [-0.2, -0.15) is 5.10 Å². The number of rotatable bonds is 8. The molecule has 1 aliphatic heterocycles. The van der Waals surface area contributed by atoms with Crippen LogP contribution in [0.5, 0.6) is 5.75 Å². The zero-order valence-electron chi connectivity index (χ0n) is 17.0. The first-order chi connectivity index (χ1) is 15.2. The molecule has 10 heteroatoms. The molecule has 0 fully saturated rings. The minimum atomic E-state index is -4.80. The van der Waals surface area contributed by atoms with Gasteiger partial charge in [0.2, 0.25) is 11.8 Å². The molecule has 0 aliphatic carbocycles. The minimum Gasteiger partial charge on any atom is -0.406 e. The van der Waals surface area contributed by atoms with Crippen molar-refractivity contribution in [3.8, 4) is 5.75 Å². The highest BCUT2D eigenvalue weighted by molar-refractivity contribution is 6.02. The van der Waals surface area contributed by atoms with E-state index in [1.807, 2.05) is 30.3 Å². The lowest BCUT2D eigenvalue weighted by atomic mass is 10.1. The fourth-order valence-electron chi connectivity index (χ4n) is 3.13. The van der Waals surface area contributed by atoms with Gasteiger partial charge in [-0.15, -0.1) is 13.2 Å². The van der Waals surface area contributed by atoms with Gasteiger partial charge < -0.3 is 15.2 Å². The maximum atomic E-state index is 12.3. The molecule has 2 N–H and O–H groups in total.